The van der Waals surface area contributed by atoms with Crippen molar-refractivity contribution in [3.63, 3.8) is 0 Å². The number of carbonyl (C=O) groups excluding carboxylic acids is 1. The molecule has 0 aliphatic rings. The Bertz CT molecular complexity index is 554. The molecular formula is C14H17N3O3. The quantitative estimate of drug-likeness (QED) is 0.748. The molecule has 0 spiro atoms. The molecule has 0 saturated carbocycles. The number of nitrogens with zero attached hydrogens (tertiary/aromatic N) is 3. The van der Waals surface area contributed by atoms with Gasteiger partial charge in [0.2, 0.25) is 0 Å². The molecule has 0 aliphatic carbocycles. The second-order valence-electron chi connectivity index (χ2n) is 4.26. The molecule has 0 bridgehead atoms. The summed E-state index contributed by atoms with van der Waals surface area (Å²) in [7, 11) is 1.37. The summed E-state index contributed by atoms with van der Waals surface area (Å²) in [5, 5.41) is 3.93. The number of ether oxygens (including phenoxy) is 1. The van der Waals surface area contributed by atoms with Crippen molar-refractivity contribution >= 4 is 5.97 Å². The van der Waals surface area contributed by atoms with Gasteiger partial charge in [-0.3, -0.25) is 9.69 Å². The zero-order valence-electron chi connectivity index (χ0n) is 11.6. The Morgan fingerprint density at radius 3 is 2.75 bits per heavy atom. The smallest absolute Gasteiger partial charge is 0.319 e. The molecule has 2 aromatic rings. The van der Waals surface area contributed by atoms with E-state index in [9.17, 15) is 4.79 Å². The second kappa shape index (κ2) is 6.81. The van der Waals surface area contributed by atoms with E-state index >= 15 is 0 Å². The number of benzene rings is 1. The third-order valence-electron chi connectivity index (χ3n) is 2.88. The van der Waals surface area contributed by atoms with Crippen LogP contribution in [-0.4, -0.2) is 41.2 Å². The zero-order valence-corrected chi connectivity index (χ0v) is 11.6. The number of methoxy groups -OCH3 is 1. The highest BCUT2D eigenvalue weighted by Crippen LogP contribution is 2.16. The van der Waals surface area contributed by atoms with Crippen LogP contribution in [0.25, 0.3) is 11.5 Å². The fraction of sp³-hybridized carbons (Fsp3) is 0.357. The first-order chi connectivity index (χ1) is 9.72. The van der Waals surface area contributed by atoms with Crippen molar-refractivity contribution in [1.29, 1.82) is 0 Å². The van der Waals surface area contributed by atoms with Crippen LogP contribution in [0.1, 0.15) is 12.7 Å². The molecule has 0 unspecified atom stereocenters. The summed E-state index contributed by atoms with van der Waals surface area (Å²) < 4.78 is 9.87. The molecule has 6 heteroatoms. The average molecular weight is 275 g/mol. The highest BCUT2D eigenvalue weighted by molar-refractivity contribution is 5.71. The van der Waals surface area contributed by atoms with Crippen molar-refractivity contribution < 1.29 is 14.1 Å². The molecule has 0 N–H and O–H groups in total. The maximum atomic E-state index is 11.3. The Hall–Kier alpha value is -2.21. The van der Waals surface area contributed by atoms with Crippen LogP contribution in [0.15, 0.2) is 34.9 Å². The summed E-state index contributed by atoms with van der Waals surface area (Å²) in [4.78, 5) is 17.5. The van der Waals surface area contributed by atoms with Crippen LogP contribution >= 0.6 is 0 Å². The van der Waals surface area contributed by atoms with Crippen molar-refractivity contribution in [2.75, 3.05) is 20.2 Å². The number of hydrogen-bond acceptors (Lipinski definition) is 6. The molecule has 1 aromatic carbocycles. The SMILES string of the molecule is CCN(CC(=O)OC)Cc1noc(-c2ccccc2)n1. The monoisotopic (exact) mass is 275 g/mol. The van der Waals surface area contributed by atoms with Gasteiger partial charge in [0.05, 0.1) is 20.2 Å². The van der Waals surface area contributed by atoms with Crippen LogP contribution in [0, 0.1) is 0 Å². The third kappa shape index (κ3) is 3.64. The molecule has 106 valence electrons. The van der Waals surface area contributed by atoms with Gasteiger partial charge in [-0.15, -0.1) is 0 Å². The molecule has 0 saturated heterocycles. The molecule has 0 fully saturated rings. The maximum Gasteiger partial charge on any atom is 0.319 e. The van der Waals surface area contributed by atoms with Crippen molar-refractivity contribution in [1.82, 2.24) is 15.0 Å². The predicted molar refractivity (Wildman–Crippen MR) is 72.7 cm³/mol. The molecule has 0 atom stereocenters. The fourth-order valence-corrected chi connectivity index (χ4v) is 1.74. The van der Waals surface area contributed by atoms with Crippen LogP contribution in [0.4, 0.5) is 0 Å². The number of hydrogen-bond donors (Lipinski definition) is 0. The molecule has 0 aliphatic heterocycles. The van der Waals surface area contributed by atoms with Crippen molar-refractivity contribution in [3.8, 4) is 11.5 Å². The molecule has 0 radical (unpaired) electrons. The first-order valence-electron chi connectivity index (χ1n) is 6.40. The summed E-state index contributed by atoms with van der Waals surface area (Å²) in [6.45, 7) is 3.32. The zero-order chi connectivity index (χ0) is 14.4. The fourth-order valence-electron chi connectivity index (χ4n) is 1.74. The summed E-state index contributed by atoms with van der Waals surface area (Å²) in [6.07, 6.45) is 0. The van der Waals surface area contributed by atoms with Crippen LogP contribution in [-0.2, 0) is 16.1 Å². The Labute approximate surface area is 117 Å². The van der Waals surface area contributed by atoms with Crippen molar-refractivity contribution in [2.45, 2.75) is 13.5 Å². The topological polar surface area (TPSA) is 68.5 Å². The van der Waals surface area contributed by atoms with E-state index in [4.69, 9.17) is 4.52 Å². The van der Waals surface area contributed by atoms with Gasteiger partial charge in [0.25, 0.3) is 5.89 Å². The Balaban J connectivity index is 2.03. The highest BCUT2D eigenvalue weighted by Gasteiger charge is 2.14. The normalized spacial score (nSPS) is 10.8. The molecular weight excluding hydrogens is 258 g/mol. The van der Waals surface area contributed by atoms with Crippen LogP contribution in [0.2, 0.25) is 0 Å². The van der Waals surface area contributed by atoms with E-state index in [0.717, 1.165) is 5.56 Å². The minimum atomic E-state index is -0.279. The second-order valence-corrected chi connectivity index (χ2v) is 4.26. The molecule has 1 aromatic heterocycles. The van der Waals surface area contributed by atoms with Gasteiger partial charge in [-0.05, 0) is 18.7 Å². The molecule has 1 heterocycles. The summed E-state index contributed by atoms with van der Waals surface area (Å²) in [5.74, 6) is 0.753. The van der Waals surface area contributed by atoms with E-state index in [1.165, 1.54) is 7.11 Å². The minimum absolute atomic E-state index is 0.211. The van der Waals surface area contributed by atoms with Gasteiger partial charge in [0.1, 0.15) is 0 Å². The minimum Gasteiger partial charge on any atom is -0.468 e. The van der Waals surface area contributed by atoms with Gasteiger partial charge in [-0.1, -0.05) is 30.3 Å². The van der Waals surface area contributed by atoms with E-state index in [1.807, 2.05) is 42.2 Å². The van der Waals surface area contributed by atoms with E-state index in [2.05, 4.69) is 14.9 Å². The van der Waals surface area contributed by atoms with Crippen LogP contribution in [0.3, 0.4) is 0 Å². The van der Waals surface area contributed by atoms with E-state index in [0.29, 0.717) is 24.8 Å². The summed E-state index contributed by atoms with van der Waals surface area (Å²) in [6, 6.07) is 9.56. The number of esters is 1. The lowest BCUT2D eigenvalue weighted by Gasteiger charge is -2.16. The number of carbonyl (C=O) groups is 1. The Morgan fingerprint density at radius 2 is 2.10 bits per heavy atom. The van der Waals surface area contributed by atoms with Gasteiger partial charge in [-0.2, -0.15) is 4.98 Å². The standard InChI is InChI=1S/C14H17N3O3/c1-3-17(10-13(18)19-2)9-12-15-14(20-16-12)11-7-5-4-6-8-11/h4-8H,3,9-10H2,1-2H3. The molecule has 0 amide bonds. The van der Waals surface area contributed by atoms with Gasteiger partial charge in [-0.25, -0.2) is 0 Å². The first-order valence-corrected chi connectivity index (χ1v) is 6.40. The van der Waals surface area contributed by atoms with Crippen molar-refractivity contribution in [2.24, 2.45) is 0 Å². The predicted octanol–water partition coefficient (Wildman–Crippen LogP) is 1.73. The maximum absolute atomic E-state index is 11.3. The Kier molecular flexibility index (Phi) is 4.84. The van der Waals surface area contributed by atoms with Gasteiger partial charge >= 0.3 is 5.97 Å². The van der Waals surface area contributed by atoms with Crippen molar-refractivity contribution in [3.05, 3.63) is 36.2 Å². The van der Waals surface area contributed by atoms with Gasteiger partial charge in [0.15, 0.2) is 5.82 Å². The van der Waals surface area contributed by atoms with Crippen LogP contribution in [0.5, 0.6) is 0 Å². The van der Waals surface area contributed by atoms with Gasteiger partial charge in [0, 0.05) is 5.56 Å². The lowest BCUT2D eigenvalue weighted by Crippen LogP contribution is -2.30. The number of rotatable bonds is 6. The lowest BCUT2D eigenvalue weighted by molar-refractivity contribution is -0.142. The molecule has 6 nitrogen and oxygen atoms in total. The number of aromatic nitrogens is 2. The van der Waals surface area contributed by atoms with Gasteiger partial charge < -0.3 is 9.26 Å². The Morgan fingerprint density at radius 1 is 1.35 bits per heavy atom. The first kappa shape index (κ1) is 14.2. The average Bonchev–Trinajstić information content (AvgIpc) is 2.95. The summed E-state index contributed by atoms with van der Waals surface area (Å²) in [5.41, 5.74) is 0.877. The summed E-state index contributed by atoms with van der Waals surface area (Å²) >= 11 is 0. The van der Waals surface area contributed by atoms with E-state index in [-0.39, 0.29) is 12.5 Å². The lowest BCUT2D eigenvalue weighted by atomic mass is 10.2. The molecule has 20 heavy (non-hydrogen) atoms. The largest absolute Gasteiger partial charge is 0.468 e. The van der Waals surface area contributed by atoms with E-state index < -0.39 is 0 Å². The third-order valence-corrected chi connectivity index (χ3v) is 2.88. The van der Waals surface area contributed by atoms with E-state index in [1.54, 1.807) is 0 Å². The molecule has 2 rings (SSSR count). The highest BCUT2D eigenvalue weighted by atomic mass is 16.5. The van der Waals surface area contributed by atoms with Crippen LogP contribution < -0.4 is 0 Å². The number of likely N-dealkylation sites (N-methyl/N-ethyl adjacent to an activating group) is 1.